The Morgan fingerprint density at radius 3 is 1.15 bits per heavy atom. The molecule has 1 N–H and O–H groups in total. The molecule has 0 heterocycles. The van der Waals surface area contributed by atoms with Crippen molar-refractivity contribution in [3.05, 3.63) is 0 Å². The summed E-state index contributed by atoms with van der Waals surface area (Å²) in [4.78, 5) is 65.3. The van der Waals surface area contributed by atoms with Crippen molar-refractivity contribution < 1.29 is 52.8 Å². The fourth-order valence-electron chi connectivity index (χ4n) is 7.05. The predicted octanol–water partition coefficient (Wildman–Crippen LogP) is 9.59. The normalized spacial score (nSPS) is 13.3. The third-order valence-corrected chi connectivity index (χ3v) is 11.2. The smallest absolute Gasteiger partial charge is 0.305 e. The molecular weight excluding hydrogens is 755 g/mol. The Kier molecular flexibility index (Phi) is 35.2. The van der Waals surface area contributed by atoms with E-state index in [1.165, 1.54) is 12.8 Å². The average Bonchev–Trinajstić information content (AvgIpc) is 3.20. The van der Waals surface area contributed by atoms with Crippen molar-refractivity contribution in [1.29, 1.82) is 0 Å². The molecule has 59 heavy (non-hydrogen) atoms. The van der Waals surface area contributed by atoms with Crippen LogP contribution in [0.1, 0.15) is 201 Å². The zero-order valence-electron chi connectivity index (χ0n) is 37.7. The molecule has 1 saturated carbocycles. The zero-order chi connectivity index (χ0) is 43.2. The SMILES string of the molecule is CCCCCCCCC(=O)OCC(COC(=O)CCCCN(CCO)C1CCC1)COC(=O)CCCC(COC(=O)CCCCCCC)COC(=O)CCCCCCC. The average molecular weight is 840 g/mol. The maximum absolute atomic E-state index is 12.9. The summed E-state index contributed by atoms with van der Waals surface area (Å²) >= 11 is 0. The molecule has 344 valence electrons. The molecule has 12 heteroatoms. The van der Waals surface area contributed by atoms with E-state index in [-0.39, 0.29) is 82.3 Å². The quantitative estimate of drug-likeness (QED) is 0.0354. The molecule has 0 saturated heterocycles. The number of nitrogens with zero attached hydrogens (tertiary/aromatic N) is 1. The molecule has 0 spiro atoms. The minimum atomic E-state index is -0.509. The van der Waals surface area contributed by atoms with Gasteiger partial charge in [-0.3, -0.25) is 28.9 Å². The fraction of sp³-hybridized carbons (Fsp3) is 0.894. The van der Waals surface area contributed by atoms with E-state index in [9.17, 15) is 29.1 Å². The summed E-state index contributed by atoms with van der Waals surface area (Å²) in [5.74, 6) is -2.39. The minimum absolute atomic E-state index is 0.0250. The van der Waals surface area contributed by atoms with Crippen LogP contribution in [-0.4, -0.2) is 98.6 Å². The third kappa shape index (κ3) is 31.8. The minimum Gasteiger partial charge on any atom is -0.465 e. The monoisotopic (exact) mass is 840 g/mol. The van der Waals surface area contributed by atoms with E-state index in [0.29, 0.717) is 51.1 Å². The highest BCUT2D eigenvalue weighted by Gasteiger charge is 2.24. The molecule has 0 aromatic heterocycles. The van der Waals surface area contributed by atoms with Crippen molar-refractivity contribution in [3.8, 4) is 0 Å². The lowest BCUT2D eigenvalue weighted by Crippen LogP contribution is -2.42. The molecule has 1 unspecified atom stereocenters. The van der Waals surface area contributed by atoms with Crippen LogP contribution in [0.15, 0.2) is 0 Å². The lowest BCUT2D eigenvalue weighted by molar-refractivity contribution is -0.155. The fourth-order valence-corrected chi connectivity index (χ4v) is 7.05. The van der Waals surface area contributed by atoms with Crippen molar-refractivity contribution in [2.24, 2.45) is 11.8 Å². The molecule has 1 aliphatic rings. The summed E-state index contributed by atoms with van der Waals surface area (Å²) in [5, 5.41) is 9.42. The highest BCUT2D eigenvalue weighted by atomic mass is 16.6. The first-order chi connectivity index (χ1) is 28.7. The second-order valence-corrected chi connectivity index (χ2v) is 16.7. The highest BCUT2D eigenvalue weighted by Crippen LogP contribution is 2.25. The molecule has 0 amide bonds. The van der Waals surface area contributed by atoms with Gasteiger partial charge in [-0.25, -0.2) is 0 Å². The molecule has 0 aromatic rings. The summed E-state index contributed by atoms with van der Waals surface area (Å²) in [7, 11) is 0. The maximum Gasteiger partial charge on any atom is 0.305 e. The van der Waals surface area contributed by atoms with Gasteiger partial charge in [0.05, 0.1) is 25.7 Å². The van der Waals surface area contributed by atoms with Gasteiger partial charge in [-0.2, -0.15) is 0 Å². The Morgan fingerprint density at radius 1 is 0.458 bits per heavy atom. The van der Waals surface area contributed by atoms with E-state index in [1.54, 1.807) is 0 Å². The maximum atomic E-state index is 12.9. The number of carbonyl (C=O) groups excluding carboxylic acids is 5. The number of aliphatic hydroxyl groups is 1. The van der Waals surface area contributed by atoms with Crippen LogP contribution in [0.4, 0.5) is 0 Å². The predicted molar refractivity (Wildman–Crippen MR) is 231 cm³/mol. The van der Waals surface area contributed by atoms with Gasteiger partial charge in [0.25, 0.3) is 0 Å². The van der Waals surface area contributed by atoms with Crippen molar-refractivity contribution in [2.45, 2.75) is 207 Å². The van der Waals surface area contributed by atoms with Gasteiger partial charge >= 0.3 is 29.8 Å². The number of aliphatic hydroxyl groups excluding tert-OH is 1. The van der Waals surface area contributed by atoms with E-state index in [0.717, 1.165) is 122 Å². The Hall–Kier alpha value is -2.73. The molecule has 0 aliphatic heterocycles. The Balaban J connectivity index is 2.64. The first kappa shape index (κ1) is 54.3. The molecular formula is C47H85NO11. The van der Waals surface area contributed by atoms with E-state index < -0.39 is 11.9 Å². The molecule has 1 aliphatic carbocycles. The summed E-state index contributed by atoms with van der Waals surface area (Å²) in [6.07, 6.45) is 24.0. The number of esters is 5. The summed E-state index contributed by atoms with van der Waals surface area (Å²) in [6, 6.07) is 0.529. The number of ether oxygens (including phenoxy) is 5. The Bertz CT molecular complexity index is 1050. The highest BCUT2D eigenvalue weighted by molar-refractivity contribution is 5.71. The van der Waals surface area contributed by atoms with Crippen LogP contribution >= 0.6 is 0 Å². The van der Waals surface area contributed by atoms with Gasteiger partial charge in [0.15, 0.2) is 0 Å². The first-order valence-electron chi connectivity index (χ1n) is 23.8. The van der Waals surface area contributed by atoms with Crippen LogP contribution in [0.5, 0.6) is 0 Å². The van der Waals surface area contributed by atoms with E-state index >= 15 is 0 Å². The second kappa shape index (κ2) is 38.2. The third-order valence-electron chi connectivity index (χ3n) is 11.2. The largest absolute Gasteiger partial charge is 0.465 e. The van der Waals surface area contributed by atoms with Crippen LogP contribution in [0.25, 0.3) is 0 Å². The molecule has 1 rings (SSSR count). The lowest BCUT2D eigenvalue weighted by Gasteiger charge is -2.37. The van der Waals surface area contributed by atoms with Gasteiger partial charge < -0.3 is 28.8 Å². The topological polar surface area (TPSA) is 155 Å². The van der Waals surface area contributed by atoms with Crippen molar-refractivity contribution >= 4 is 29.8 Å². The molecule has 0 aromatic carbocycles. The van der Waals surface area contributed by atoms with Gasteiger partial charge in [0.2, 0.25) is 0 Å². The van der Waals surface area contributed by atoms with E-state index in [4.69, 9.17) is 23.7 Å². The number of hydrogen-bond acceptors (Lipinski definition) is 12. The van der Waals surface area contributed by atoms with Crippen molar-refractivity contribution in [3.63, 3.8) is 0 Å². The summed E-state index contributed by atoms with van der Waals surface area (Å²) in [6.45, 7) is 8.18. The first-order valence-corrected chi connectivity index (χ1v) is 23.8. The van der Waals surface area contributed by atoms with Crippen LogP contribution in [-0.2, 0) is 47.7 Å². The van der Waals surface area contributed by atoms with Gasteiger partial charge in [0, 0.05) is 50.6 Å². The summed E-state index contributed by atoms with van der Waals surface area (Å²) in [5.41, 5.74) is 0. The Morgan fingerprint density at radius 2 is 0.797 bits per heavy atom. The van der Waals surface area contributed by atoms with Crippen LogP contribution in [0.2, 0.25) is 0 Å². The van der Waals surface area contributed by atoms with Crippen LogP contribution in [0, 0.1) is 11.8 Å². The zero-order valence-corrected chi connectivity index (χ0v) is 37.7. The van der Waals surface area contributed by atoms with E-state index in [2.05, 4.69) is 25.7 Å². The van der Waals surface area contributed by atoms with Crippen LogP contribution in [0.3, 0.4) is 0 Å². The van der Waals surface area contributed by atoms with E-state index in [1.807, 2.05) is 0 Å². The molecule has 12 nitrogen and oxygen atoms in total. The van der Waals surface area contributed by atoms with Crippen LogP contribution < -0.4 is 0 Å². The second-order valence-electron chi connectivity index (χ2n) is 16.7. The van der Waals surface area contributed by atoms with Gasteiger partial charge in [0.1, 0.15) is 19.8 Å². The van der Waals surface area contributed by atoms with Gasteiger partial charge in [-0.15, -0.1) is 0 Å². The standard InChI is InChI=1S/C47H85NO11/c1-4-7-10-13-16-19-29-45(52)57-37-41(38-58-46(53)30-20-21-32-48(33-34-49)42-25-23-26-42)39-59-47(54)31-22-24-40(35-55-43(50)27-17-14-11-8-5-2)36-56-44(51)28-18-15-12-9-6-3/h40-42,49H,4-39H2,1-3H3. The molecule has 0 radical (unpaired) electrons. The number of carbonyl (C=O) groups is 5. The Labute approximate surface area is 357 Å². The van der Waals surface area contributed by atoms with Crippen molar-refractivity contribution in [2.75, 3.05) is 52.7 Å². The number of unbranched alkanes of at least 4 members (excludes halogenated alkanes) is 14. The number of rotatable bonds is 41. The van der Waals surface area contributed by atoms with Gasteiger partial charge in [-0.05, 0) is 64.3 Å². The molecule has 1 fully saturated rings. The lowest BCUT2D eigenvalue weighted by atomic mass is 9.91. The van der Waals surface area contributed by atoms with Gasteiger partial charge in [-0.1, -0.05) is 111 Å². The van der Waals surface area contributed by atoms with Crippen molar-refractivity contribution in [1.82, 2.24) is 4.90 Å². The molecule has 0 bridgehead atoms. The molecule has 1 atom stereocenters. The number of hydrogen-bond donors (Lipinski definition) is 1. The summed E-state index contributed by atoms with van der Waals surface area (Å²) < 4.78 is 27.8.